The fraction of sp³-hybridized carbons (Fsp3) is 0.294. The van der Waals surface area contributed by atoms with Gasteiger partial charge in [-0.3, -0.25) is 5.32 Å². The minimum absolute atomic E-state index is 0.255. The predicted octanol–water partition coefficient (Wildman–Crippen LogP) is 3.11. The zero-order valence-electron chi connectivity index (χ0n) is 14.1. The Morgan fingerprint density at radius 2 is 2.19 bits per heavy atom. The van der Waals surface area contributed by atoms with Crippen molar-refractivity contribution in [1.82, 2.24) is 20.0 Å². The summed E-state index contributed by atoms with van der Waals surface area (Å²) in [6.45, 7) is 2.96. The van der Waals surface area contributed by atoms with E-state index in [4.69, 9.17) is 9.26 Å². The molecule has 0 saturated carbocycles. The number of benzene rings is 1. The Morgan fingerprint density at radius 3 is 2.96 bits per heavy atom. The first-order valence-corrected chi connectivity index (χ1v) is 8.99. The van der Waals surface area contributed by atoms with Crippen molar-refractivity contribution in [2.75, 3.05) is 25.1 Å². The van der Waals surface area contributed by atoms with Gasteiger partial charge < -0.3 is 14.2 Å². The number of morpholine rings is 1. The van der Waals surface area contributed by atoms with Gasteiger partial charge in [0.25, 0.3) is 0 Å². The Balaban J connectivity index is 1.49. The van der Waals surface area contributed by atoms with Gasteiger partial charge in [-0.25, -0.2) is 9.78 Å². The highest BCUT2D eigenvalue weighted by molar-refractivity contribution is 7.19. The second-order valence-corrected chi connectivity index (χ2v) is 6.81. The van der Waals surface area contributed by atoms with E-state index in [0.717, 1.165) is 10.4 Å². The van der Waals surface area contributed by atoms with E-state index in [-0.39, 0.29) is 12.1 Å². The highest BCUT2D eigenvalue weighted by Crippen LogP contribution is 2.29. The fourth-order valence-corrected chi connectivity index (χ4v) is 3.55. The van der Waals surface area contributed by atoms with Crippen LogP contribution in [0.1, 0.15) is 17.8 Å². The third-order valence-corrected chi connectivity index (χ3v) is 4.97. The minimum Gasteiger partial charge on any atom is -0.377 e. The molecular weight excluding hydrogens is 354 g/mol. The van der Waals surface area contributed by atoms with Gasteiger partial charge in [0.15, 0.2) is 11.0 Å². The quantitative estimate of drug-likeness (QED) is 0.760. The minimum atomic E-state index is -0.380. The number of nitrogens with zero attached hydrogens (tertiary/aromatic N) is 4. The average Bonchev–Trinajstić information content (AvgIpc) is 3.31. The molecule has 2 amide bonds. The van der Waals surface area contributed by atoms with Crippen LogP contribution in [0.15, 0.2) is 41.1 Å². The summed E-state index contributed by atoms with van der Waals surface area (Å²) in [4.78, 5) is 23.9. The van der Waals surface area contributed by atoms with Gasteiger partial charge in [0.05, 0.1) is 18.1 Å². The number of nitrogens with one attached hydrogen (secondary N) is 1. The largest absolute Gasteiger partial charge is 0.377 e. The summed E-state index contributed by atoms with van der Waals surface area (Å²) in [6.07, 6.45) is 1.76. The number of carbonyl (C=O) groups excluding carboxylic acids is 1. The summed E-state index contributed by atoms with van der Waals surface area (Å²) in [6, 6.07) is 9.29. The highest BCUT2D eigenvalue weighted by atomic mass is 32.1. The van der Waals surface area contributed by atoms with Crippen molar-refractivity contribution in [3.8, 4) is 10.4 Å². The third-order valence-electron chi connectivity index (χ3n) is 4.01. The van der Waals surface area contributed by atoms with Gasteiger partial charge in [-0.2, -0.15) is 4.98 Å². The number of anilines is 1. The molecule has 0 radical (unpaired) electrons. The molecule has 1 saturated heterocycles. The molecule has 4 rings (SSSR count). The number of ether oxygens (including phenoxy) is 1. The number of amides is 2. The Labute approximate surface area is 153 Å². The summed E-state index contributed by atoms with van der Waals surface area (Å²) in [7, 11) is 0. The van der Waals surface area contributed by atoms with Crippen molar-refractivity contribution in [2.45, 2.75) is 13.0 Å². The van der Waals surface area contributed by atoms with E-state index in [0.29, 0.717) is 36.6 Å². The molecule has 0 spiro atoms. The molecule has 1 aliphatic rings. The van der Waals surface area contributed by atoms with E-state index < -0.39 is 0 Å². The van der Waals surface area contributed by atoms with E-state index in [1.165, 1.54) is 11.3 Å². The maximum Gasteiger partial charge on any atom is 0.324 e. The maximum absolute atomic E-state index is 12.7. The number of aromatic nitrogens is 3. The van der Waals surface area contributed by atoms with Crippen molar-refractivity contribution >= 4 is 22.5 Å². The highest BCUT2D eigenvalue weighted by Gasteiger charge is 2.32. The number of aryl methyl sites for hydroxylation is 1. The van der Waals surface area contributed by atoms with Gasteiger partial charge in [-0.15, -0.1) is 0 Å². The van der Waals surface area contributed by atoms with Crippen LogP contribution in [0.3, 0.4) is 0 Å². The summed E-state index contributed by atoms with van der Waals surface area (Å²) >= 11 is 1.43. The van der Waals surface area contributed by atoms with Crippen LogP contribution in [0.4, 0.5) is 9.93 Å². The van der Waals surface area contributed by atoms with Crippen LogP contribution in [0.5, 0.6) is 0 Å². The van der Waals surface area contributed by atoms with Crippen LogP contribution in [-0.4, -0.2) is 45.8 Å². The standard InChI is InChI=1S/C17H17N5O3S/c1-11-19-15(21-25-11)13-10-24-8-7-22(13)17(23)20-16-18-9-14(26-16)12-5-3-2-4-6-12/h2-6,9,13H,7-8,10H2,1H3,(H,18,20,23). The van der Waals surface area contributed by atoms with Crippen LogP contribution in [0.25, 0.3) is 10.4 Å². The molecule has 1 aliphatic heterocycles. The number of hydrogen-bond donors (Lipinski definition) is 1. The van der Waals surface area contributed by atoms with Gasteiger partial charge in [-0.1, -0.05) is 46.8 Å². The third kappa shape index (κ3) is 3.44. The van der Waals surface area contributed by atoms with E-state index >= 15 is 0 Å². The number of rotatable bonds is 3. The lowest BCUT2D eigenvalue weighted by molar-refractivity contribution is 0.0110. The molecule has 8 nitrogen and oxygen atoms in total. The number of carbonyl (C=O) groups is 1. The maximum atomic E-state index is 12.7. The van der Waals surface area contributed by atoms with Crippen molar-refractivity contribution in [3.05, 3.63) is 48.2 Å². The van der Waals surface area contributed by atoms with Gasteiger partial charge >= 0.3 is 6.03 Å². The van der Waals surface area contributed by atoms with Crippen molar-refractivity contribution in [1.29, 1.82) is 0 Å². The first-order valence-electron chi connectivity index (χ1n) is 8.17. The lowest BCUT2D eigenvalue weighted by Crippen LogP contribution is -2.45. The van der Waals surface area contributed by atoms with Gasteiger partial charge in [-0.05, 0) is 5.56 Å². The smallest absolute Gasteiger partial charge is 0.324 e. The number of thiazole rings is 1. The molecule has 26 heavy (non-hydrogen) atoms. The van der Waals surface area contributed by atoms with Crippen LogP contribution in [-0.2, 0) is 4.74 Å². The summed E-state index contributed by atoms with van der Waals surface area (Å²) < 4.78 is 10.5. The SMILES string of the molecule is Cc1nc(C2COCCN2C(=O)Nc2ncc(-c3ccccc3)s2)no1. The zero-order valence-corrected chi connectivity index (χ0v) is 14.9. The molecule has 9 heteroatoms. The van der Waals surface area contributed by atoms with Crippen LogP contribution < -0.4 is 5.32 Å². The average molecular weight is 371 g/mol. The molecule has 1 aromatic carbocycles. The van der Waals surface area contributed by atoms with Crippen LogP contribution in [0.2, 0.25) is 0 Å². The van der Waals surface area contributed by atoms with Gasteiger partial charge in [0.2, 0.25) is 5.89 Å². The molecule has 1 N–H and O–H groups in total. The van der Waals surface area contributed by atoms with Crippen molar-refractivity contribution in [2.24, 2.45) is 0 Å². The molecule has 0 bridgehead atoms. The molecule has 3 heterocycles. The van der Waals surface area contributed by atoms with Crippen LogP contribution in [0, 0.1) is 6.92 Å². The number of hydrogen-bond acceptors (Lipinski definition) is 7. The molecule has 134 valence electrons. The Hall–Kier alpha value is -2.78. The second-order valence-electron chi connectivity index (χ2n) is 5.78. The first kappa shape index (κ1) is 16.7. The van der Waals surface area contributed by atoms with Crippen molar-refractivity contribution in [3.63, 3.8) is 0 Å². The summed E-state index contributed by atoms with van der Waals surface area (Å²) in [5.41, 5.74) is 1.07. The monoisotopic (exact) mass is 371 g/mol. The van der Waals surface area contributed by atoms with Crippen molar-refractivity contribution < 1.29 is 14.1 Å². The summed E-state index contributed by atoms with van der Waals surface area (Å²) in [5, 5.41) is 7.33. The Bertz CT molecular complexity index is 895. The van der Waals surface area contributed by atoms with E-state index in [2.05, 4.69) is 20.4 Å². The molecule has 1 atom stereocenters. The summed E-state index contributed by atoms with van der Waals surface area (Å²) in [5.74, 6) is 0.903. The van der Waals surface area contributed by atoms with E-state index in [1.54, 1.807) is 18.0 Å². The lowest BCUT2D eigenvalue weighted by Gasteiger charge is -2.33. The molecule has 1 unspecified atom stereocenters. The lowest BCUT2D eigenvalue weighted by atomic mass is 10.2. The molecule has 0 aliphatic carbocycles. The molecule has 3 aromatic rings. The molecule has 1 fully saturated rings. The van der Waals surface area contributed by atoms with Crippen LogP contribution >= 0.6 is 11.3 Å². The molecule has 2 aromatic heterocycles. The zero-order chi connectivity index (χ0) is 17.9. The second kappa shape index (κ2) is 7.22. The normalized spacial score (nSPS) is 17.3. The first-order chi connectivity index (χ1) is 12.7. The van der Waals surface area contributed by atoms with Gasteiger partial charge in [0.1, 0.15) is 6.04 Å². The Kier molecular flexibility index (Phi) is 4.63. The van der Waals surface area contributed by atoms with Gasteiger partial charge in [0, 0.05) is 19.7 Å². The Morgan fingerprint density at radius 1 is 1.35 bits per heavy atom. The predicted molar refractivity (Wildman–Crippen MR) is 95.9 cm³/mol. The molecular formula is C17H17N5O3S. The topological polar surface area (TPSA) is 93.4 Å². The van der Waals surface area contributed by atoms with E-state index in [1.807, 2.05) is 30.3 Å². The number of urea groups is 1. The fourth-order valence-electron chi connectivity index (χ4n) is 2.74. The van der Waals surface area contributed by atoms with E-state index in [9.17, 15) is 4.79 Å².